The number of hydrogen-bond acceptors (Lipinski definition) is 4. The molecule has 1 aromatic rings. The first-order valence-electron chi connectivity index (χ1n) is 10.7. The highest BCUT2D eigenvalue weighted by molar-refractivity contribution is 6.00. The molecule has 5 nitrogen and oxygen atoms in total. The van der Waals surface area contributed by atoms with E-state index in [1.165, 1.54) is 0 Å². The van der Waals surface area contributed by atoms with Crippen LogP contribution in [0, 0.1) is 5.92 Å². The molecule has 0 aromatic heterocycles. The maximum Gasteiger partial charge on any atom is 0.407 e. The molecule has 1 N–H and O–H groups in total. The minimum Gasteiger partial charge on any atom is -0.494 e. The Bertz CT molecular complexity index is 705. The van der Waals surface area contributed by atoms with Gasteiger partial charge in [-0.2, -0.15) is 0 Å². The van der Waals surface area contributed by atoms with E-state index in [1.807, 2.05) is 45.0 Å². The second-order valence-electron chi connectivity index (χ2n) is 8.63. The van der Waals surface area contributed by atoms with Gasteiger partial charge in [0.05, 0.1) is 6.61 Å². The van der Waals surface area contributed by atoms with Crippen molar-refractivity contribution >= 4 is 11.9 Å². The molecule has 0 saturated heterocycles. The SMILES string of the molecule is C=CC[C@@H]1CCc2cc(OCCCCCCNC(=O)OC(C)(C)C)ccc2C1=O. The van der Waals surface area contributed by atoms with Crippen LogP contribution in [0.3, 0.4) is 0 Å². The van der Waals surface area contributed by atoms with Gasteiger partial charge in [0.2, 0.25) is 0 Å². The molecule has 0 fully saturated rings. The number of allylic oxidation sites excluding steroid dienone is 1. The summed E-state index contributed by atoms with van der Waals surface area (Å²) >= 11 is 0. The number of unbranched alkanes of at least 4 members (excludes halogenated alkanes) is 3. The molecule has 1 atom stereocenters. The van der Waals surface area contributed by atoms with Gasteiger partial charge in [-0.3, -0.25) is 4.79 Å². The van der Waals surface area contributed by atoms with Crippen molar-refractivity contribution in [3.05, 3.63) is 42.0 Å². The van der Waals surface area contributed by atoms with Gasteiger partial charge in [0.25, 0.3) is 0 Å². The zero-order chi connectivity index (χ0) is 21.3. The van der Waals surface area contributed by atoms with Crippen molar-refractivity contribution in [2.75, 3.05) is 13.2 Å². The van der Waals surface area contributed by atoms with Crippen molar-refractivity contribution in [2.24, 2.45) is 5.92 Å². The molecule has 2 rings (SSSR count). The van der Waals surface area contributed by atoms with Gasteiger partial charge < -0.3 is 14.8 Å². The second-order valence-corrected chi connectivity index (χ2v) is 8.63. The summed E-state index contributed by atoms with van der Waals surface area (Å²) in [6, 6.07) is 5.82. The number of nitrogens with one attached hydrogen (secondary N) is 1. The Morgan fingerprint density at radius 1 is 1.24 bits per heavy atom. The molecule has 5 heteroatoms. The number of rotatable bonds is 10. The van der Waals surface area contributed by atoms with E-state index in [9.17, 15) is 9.59 Å². The zero-order valence-corrected chi connectivity index (χ0v) is 18.1. The number of amides is 1. The van der Waals surface area contributed by atoms with Crippen molar-refractivity contribution in [3.8, 4) is 5.75 Å². The molecule has 0 spiro atoms. The summed E-state index contributed by atoms with van der Waals surface area (Å²) in [5.74, 6) is 1.15. The lowest BCUT2D eigenvalue weighted by molar-refractivity contribution is 0.0526. The third-order valence-electron chi connectivity index (χ3n) is 4.93. The first-order chi connectivity index (χ1) is 13.8. The number of benzene rings is 1. The summed E-state index contributed by atoms with van der Waals surface area (Å²) in [5.41, 5.74) is 1.48. The summed E-state index contributed by atoms with van der Waals surface area (Å²) < 4.78 is 11.1. The fraction of sp³-hybridized carbons (Fsp3) is 0.583. The number of carbonyl (C=O) groups excluding carboxylic acids is 2. The molecule has 0 heterocycles. The van der Waals surface area contributed by atoms with Crippen molar-refractivity contribution in [1.82, 2.24) is 5.32 Å². The molecule has 0 bridgehead atoms. The Kier molecular flexibility index (Phi) is 8.74. The van der Waals surface area contributed by atoms with Gasteiger partial charge in [-0.1, -0.05) is 18.9 Å². The van der Waals surface area contributed by atoms with E-state index in [2.05, 4.69) is 11.9 Å². The van der Waals surface area contributed by atoms with Gasteiger partial charge in [-0.15, -0.1) is 6.58 Å². The molecule has 0 unspecified atom stereocenters. The Labute approximate surface area is 174 Å². The maximum absolute atomic E-state index is 12.5. The van der Waals surface area contributed by atoms with Crippen LogP contribution in [0.4, 0.5) is 4.79 Å². The Balaban J connectivity index is 1.61. The van der Waals surface area contributed by atoms with E-state index in [0.29, 0.717) is 13.2 Å². The monoisotopic (exact) mass is 401 g/mol. The minimum absolute atomic E-state index is 0.0802. The summed E-state index contributed by atoms with van der Waals surface area (Å²) in [7, 11) is 0. The number of carbonyl (C=O) groups is 2. The molecular formula is C24H35NO4. The van der Waals surface area contributed by atoms with Gasteiger partial charge in [0, 0.05) is 18.0 Å². The first-order valence-corrected chi connectivity index (χ1v) is 10.7. The van der Waals surface area contributed by atoms with Gasteiger partial charge in [-0.05, 0) is 76.6 Å². The van der Waals surface area contributed by atoms with Crippen molar-refractivity contribution in [1.29, 1.82) is 0 Å². The van der Waals surface area contributed by atoms with Gasteiger partial charge in [0.1, 0.15) is 11.4 Å². The third-order valence-corrected chi connectivity index (χ3v) is 4.93. The number of fused-ring (bicyclic) bond motifs is 1. The van der Waals surface area contributed by atoms with E-state index in [0.717, 1.165) is 61.8 Å². The fourth-order valence-electron chi connectivity index (χ4n) is 3.49. The number of alkyl carbamates (subject to hydrolysis) is 1. The molecule has 0 saturated carbocycles. The van der Waals surface area contributed by atoms with Crippen LogP contribution >= 0.6 is 0 Å². The van der Waals surface area contributed by atoms with Crippen LogP contribution in [-0.2, 0) is 11.2 Å². The van der Waals surface area contributed by atoms with Gasteiger partial charge >= 0.3 is 6.09 Å². The van der Waals surface area contributed by atoms with E-state index in [1.54, 1.807) is 0 Å². The van der Waals surface area contributed by atoms with Crippen LogP contribution in [0.2, 0.25) is 0 Å². The predicted molar refractivity (Wildman–Crippen MR) is 116 cm³/mol. The molecule has 0 aliphatic heterocycles. The van der Waals surface area contributed by atoms with Crippen LogP contribution in [-0.4, -0.2) is 30.6 Å². The lowest BCUT2D eigenvalue weighted by Gasteiger charge is -2.23. The van der Waals surface area contributed by atoms with E-state index in [4.69, 9.17) is 9.47 Å². The molecule has 0 radical (unpaired) electrons. The first kappa shape index (κ1) is 23.0. The Morgan fingerprint density at radius 3 is 2.72 bits per heavy atom. The van der Waals surface area contributed by atoms with E-state index >= 15 is 0 Å². The molecule has 1 aliphatic carbocycles. The second kappa shape index (κ2) is 11.0. The number of Topliss-reactive ketones (excluding diaryl/α,β-unsaturated/α-hetero) is 1. The highest BCUT2D eigenvalue weighted by atomic mass is 16.6. The standard InChI is InChI=1S/C24H35NO4/c1-5-10-18-11-12-19-17-20(13-14-21(19)22(18)26)28-16-9-7-6-8-15-25-23(27)29-24(2,3)4/h5,13-14,17-18H,1,6-12,15-16H2,2-4H3,(H,25,27)/t18-/m1/s1. The Hall–Kier alpha value is -2.30. The smallest absolute Gasteiger partial charge is 0.407 e. The zero-order valence-electron chi connectivity index (χ0n) is 18.1. The lowest BCUT2D eigenvalue weighted by atomic mass is 9.81. The topological polar surface area (TPSA) is 64.6 Å². The van der Waals surface area contributed by atoms with Crippen molar-refractivity contribution in [2.45, 2.75) is 71.3 Å². The molecule has 1 aromatic carbocycles. The average molecular weight is 402 g/mol. The van der Waals surface area contributed by atoms with Crippen molar-refractivity contribution in [3.63, 3.8) is 0 Å². The molecule has 160 valence electrons. The Morgan fingerprint density at radius 2 is 2.00 bits per heavy atom. The molecule has 1 aliphatic rings. The highest BCUT2D eigenvalue weighted by Crippen LogP contribution is 2.30. The third kappa shape index (κ3) is 7.92. The minimum atomic E-state index is -0.460. The van der Waals surface area contributed by atoms with Crippen LogP contribution in [0.25, 0.3) is 0 Å². The van der Waals surface area contributed by atoms with Crippen LogP contribution in [0.15, 0.2) is 30.9 Å². The van der Waals surface area contributed by atoms with Gasteiger partial charge in [0.15, 0.2) is 5.78 Å². The quantitative estimate of drug-likeness (QED) is 0.417. The number of ether oxygens (including phenoxy) is 2. The fourth-order valence-corrected chi connectivity index (χ4v) is 3.49. The lowest BCUT2D eigenvalue weighted by Crippen LogP contribution is -2.32. The molecule has 29 heavy (non-hydrogen) atoms. The summed E-state index contributed by atoms with van der Waals surface area (Å²) in [6.45, 7) is 10.6. The van der Waals surface area contributed by atoms with E-state index in [-0.39, 0.29) is 17.8 Å². The maximum atomic E-state index is 12.5. The summed E-state index contributed by atoms with van der Waals surface area (Å²) in [6.07, 6.45) is 7.99. The largest absolute Gasteiger partial charge is 0.494 e. The molecular weight excluding hydrogens is 366 g/mol. The number of aryl methyl sites for hydroxylation is 1. The van der Waals surface area contributed by atoms with Gasteiger partial charge in [-0.25, -0.2) is 4.79 Å². The van der Waals surface area contributed by atoms with Crippen LogP contribution < -0.4 is 10.1 Å². The summed E-state index contributed by atoms with van der Waals surface area (Å²) in [4.78, 5) is 24.0. The normalized spacial score (nSPS) is 16.1. The summed E-state index contributed by atoms with van der Waals surface area (Å²) in [5, 5.41) is 2.77. The average Bonchev–Trinajstić information content (AvgIpc) is 2.65. The number of hydrogen-bond donors (Lipinski definition) is 1. The van der Waals surface area contributed by atoms with Crippen LogP contribution in [0.5, 0.6) is 5.75 Å². The molecule has 1 amide bonds. The predicted octanol–water partition coefficient (Wildman–Crippen LogP) is 5.47. The highest BCUT2D eigenvalue weighted by Gasteiger charge is 2.26. The van der Waals surface area contributed by atoms with Crippen molar-refractivity contribution < 1.29 is 19.1 Å². The number of ketones is 1. The van der Waals surface area contributed by atoms with E-state index < -0.39 is 5.60 Å². The van der Waals surface area contributed by atoms with Crippen LogP contribution in [0.1, 0.15) is 75.2 Å².